The molecule has 0 N–H and O–H groups in total. The first kappa shape index (κ1) is 9.20. The average molecular weight is 179 g/mol. The Balaban J connectivity index is 0.000000213. The normalized spacial score (nSPS) is 9.17. The average Bonchev–Trinajstić information content (AvgIpc) is 2.52. The lowest BCUT2D eigenvalue weighted by atomic mass is 10.3. The second kappa shape index (κ2) is 4.88. The molecule has 12 heavy (non-hydrogen) atoms. The molecule has 1 aromatic carbocycles. The topological polar surface area (TPSA) is 12.9 Å². The lowest BCUT2D eigenvalue weighted by Gasteiger charge is -1.80. The minimum Gasteiger partial charge on any atom is -0.245 e. The zero-order chi connectivity index (χ0) is 8.81. The molecule has 0 unspecified atom stereocenters. The number of rotatable bonds is 0. The van der Waals surface area contributed by atoms with Crippen LogP contribution in [0.4, 0.5) is 0 Å². The van der Waals surface area contributed by atoms with Gasteiger partial charge in [-0.3, -0.25) is 0 Å². The summed E-state index contributed by atoms with van der Waals surface area (Å²) in [6.07, 6.45) is 1.25. The van der Waals surface area contributed by atoms with Gasteiger partial charge in [0.1, 0.15) is 0 Å². The van der Waals surface area contributed by atoms with E-state index in [-0.39, 0.29) is 0 Å². The molecule has 2 rings (SSSR count). The van der Waals surface area contributed by atoms with E-state index in [1.807, 2.05) is 23.7 Å². The molecule has 0 aliphatic carbocycles. The van der Waals surface area contributed by atoms with Crippen molar-refractivity contribution in [3.05, 3.63) is 29.8 Å². The molecule has 0 radical (unpaired) electrons. The predicted octanol–water partition coefficient (Wildman–Crippen LogP) is 3.71. The van der Waals surface area contributed by atoms with Crippen molar-refractivity contribution in [2.75, 3.05) is 0 Å². The zero-order valence-corrected chi connectivity index (χ0v) is 8.27. The predicted molar refractivity (Wildman–Crippen MR) is 55.6 cm³/mol. The van der Waals surface area contributed by atoms with E-state index in [0.717, 1.165) is 5.52 Å². The quantitative estimate of drug-likeness (QED) is 0.600. The molecule has 1 nitrogen and oxygen atoms in total. The summed E-state index contributed by atoms with van der Waals surface area (Å²) in [5.74, 6) is 0. The smallest absolute Gasteiger partial charge is 0.0812 e. The first-order chi connectivity index (χ1) is 5.88. The molecule has 1 aromatic heterocycles. The van der Waals surface area contributed by atoms with Gasteiger partial charge < -0.3 is 0 Å². The van der Waals surface area contributed by atoms with Crippen molar-refractivity contribution < 1.29 is 0 Å². The van der Waals surface area contributed by atoms with Crippen LogP contribution in [-0.2, 0) is 0 Å². The molecule has 0 atom stereocenters. The SMILES string of the molecule is CCC.c1ccc2scnc2c1. The van der Waals surface area contributed by atoms with Gasteiger partial charge in [0.15, 0.2) is 0 Å². The van der Waals surface area contributed by atoms with Crippen molar-refractivity contribution in [3.8, 4) is 0 Å². The maximum absolute atomic E-state index is 4.14. The van der Waals surface area contributed by atoms with Crippen LogP contribution in [-0.4, -0.2) is 4.98 Å². The number of hydrogen-bond donors (Lipinski definition) is 0. The minimum atomic E-state index is 1.10. The van der Waals surface area contributed by atoms with Crippen molar-refractivity contribution >= 4 is 21.6 Å². The lowest BCUT2D eigenvalue weighted by Crippen LogP contribution is -1.61. The molecule has 0 aliphatic rings. The highest BCUT2D eigenvalue weighted by Crippen LogP contribution is 2.15. The Morgan fingerprint density at radius 1 is 1.25 bits per heavy atom. The highest BCUT2D eigenvalue weighted by atomic mass is 32.1. The molecule has 0 saturated heterocycles. The number of fused-ring (bicyclic) bond motifs is 1. The van der Waals surface area contributed by atoms with E-state index in [1.54, 1.807) is 11.3 Å². The molecule has 64 valence electrons. The van der Waals surface area contributed by atoms with Gasteiger partial charge in [-0.05, 0) is 12.1 Å². The fraction of sp³-hybridized carbons (Fsp3) is 0.300. The first-order valence-corrected chi connectivity index (χ1v) is 5.04. The maximum Gasteiger partial charge on any atom is 0.0812 e. The van der Waals surface area contributed by atoms with Gasteiger partial charge in [-0.15, -0.1) is 11.3 Å². The third kappa shape index (κ3) is 2.31. The zero-order valence-electron chi connectivity index (χ0n) is 7.45. The summed E-state index contributed by atoms with van der Waals surface area (Å²) in [5, 5.41) is 0. The van der Waals surface area contributed by atoms with Crippen LogP contribution in [0.1, 0.15) is 20.3 Å². The molecular weight excluding hydrogens is 166 g/mol. The summed E-state index contributed by atoms with van der Waals surface area (Å²) in [7, 11) is 0. The van der Waals surface area contributed by atoms with Crippen LogP contribution in [0.5, 0.6) is 0 Å². The third-order valence-electron chi connectivity index (χ3n) is 1.24. The van der Waals surface area contributed by atoms with Gasteiger partial charge in [-0.2, -0.15) is 0 Å². The van der Waals surface area contributed by atoms with E-state index in [9.17, 15) is 0 Å². The number of para-hydroxylation sites is 1. The number of nitrogens with zero attached hydrogens (tertiary/aromatic N) is 1. The Morgan fingerprint density at radius 3 is 2.58 bits per heavy atom. The molecule has 0 bridgehead atoms. The van der Waals surface area contributed by atoms with E-state index in [2.05, 4.69) is 24.9 Å². The molecule has 0 amide bonds. The number of benzene rings is 1. The minimum absolute atomic E-state index is 1.10. The van der Waals surface area contributed by atoms with Crippen LogP contribution in [0.2, 0.25) is 0 Å². The van der Waals surface area contributed by atoms with Crippen molar-refractivity contribution in [3.63, 3.8) is 0 Å². The van der Waals surface area contributed by atoms with Crippen LogP contribution in [0.15, 0.2) is 29.8 Å². The van der Waals surface area contributed by atoms with Crippen LogP contribution in [0.3, 0.4) is 0 Å². The van der Waals surface area contributed by atoms with Gasteiger partial charge in [0.2, 0.25) is 0 Å². The molecule has 2 aromatic rings. The number of aromatic nitrogens is 1. The van der Waals surface area contributed by atoms with Crippen LogP contribution in [0.25, 0.3) is 10.2 Å². The fourth-order valence-corrected chi connectivity index (χ4v) is 1.48. The van der Waals surface area contributed by atoms with Crippen LogP contribution < -0.4 is 0 Å². The molecule has 0 fully saturated rings. The van der Waals surface area contributed by atoms with Crippen molar-refractivity contribution in [2.24, 2.45) is 0 Å². The largest absolute Gasteiger partial charge is 0.245 e. The van der Waals surface area contributed by atoms with Crippen molar-refractivity contribution in [1.29, 1.82) is 0 Å². The summed E-state index contributed by atoms with van der Waals surface area (Å²) >= 11 is 1.68. The van der Waals surface area contributed by atoms with Crippen LogP contribution in [0, 0.1) is 0 Å². The monoisotopic (exact) mass is 179 g/mol. The van der Waals surface area contributed by atoms with Gasteiger partial charge in [0.25, 0.3) is 0 Å². The Labute approximate surface area is 77.1 Å². The van der Waals surface area contributed by atoms with Crippen LogP contribution >= 0.6 is 11.3 Å². The van der Waals surface area contributed by atoms with E-state index in [0.29, 0.717) is 0 Å². The van der Waals surface area contributed by atoms with Gasteiger partial charge >= 0.3 is 0 Å². The molecule has 0 spiro atoms. The maximum atomic E-state index is 4.14. The molecule has 1 heterocycles. The summed E-state index contributed by atoms with van der Waals surface area (Å²) in [5.41, 5.74) is 2.97. The lowest BCUT2D eigenvalue weighted by molar-refractivity contribution is 1.09. The Hall–Kier alpha value is -0.890. The van der Waals surface area contributed by atoms with Crippen molar-refractivity contribution in [1.82, 2.24) is 4.98 Å². The van der Waals surface area contributed by atoms with Crippen molar-refractivity contribution in [2.45, 2.75) is 20.3 Å². The Morgan fingerprint density at radius 2 is 1.92 bits per heavy atom. The third-order valence-corrected chi connectivity index (χ3v) is 2.05. The van der Waals surface area contributed by atoms with Gasteiger partial charge in [-0.25, -0.2) is 4.98 Å². The second-order valence-electron chi connectivity index (χ2n) is 2.53. The highest BCUT2D eigenvalue weighted by Gasteiger charge is 1.89. The van der Waals surface area contributed by atoms with E-state index >= 15 is 0 Å². The summed E-state index contributed by atoms with van der Waals surface area (Å²) < 4.78 is 1.26. The van der Waals surface area contributed by atoms with Gasteiger partial charge in [-0.1, -0.05) is 32.4 Å². The first-order valence-electron chi connectivity index (χ1n) is 4.16. The second-order valence-corrected chi connectivity index (χ2v) is 3.41. The molecule has 2 heteroatoms. The van der Waals surface area contributed by atoms with Gasteiger partial charge in [0, 0.05) is 0 Å². The summed E-state index contributed by atoms with van der Waals surface area (Å²) in [4.78, 5) is 4.14. The Kier molecular flexibility index (Phi) is 3.74. The summed E-state index contributed by atoms with van der Waals surface area (Å²) in [6, 6.07) is 8.13. The number of thiazole rings is 1. The standard InChI is InChI=1S/C7H5NS.C3H8/c1-2-4-7-6(3-1)8-5-9-7;1-3-2/h1-5H;3H2,1-2H3. The molecule has 0 aliphatic heterocycles. The Bertz CT molecular complexity index is 297. The van der Waals surface area contributed by atoms with E-state index in [1.165, 1.54) is 11.1 Å². The van der Waals surface area contributed by atoms with E-state index < -0.39 is 0 Å². The number of hydrogen-bond acceptors (Lipinski definition) is 2. The fourth-order valence-electron chi connectivity index (χ4n) is 0.803. The van der Waals surface area contributed by atoms with E-state index in [4.69, 9.17) is 0 Å². The summed E-state index contributed by atoms with van der Waals surface area (Å²) in [6.45, 7) is 4.25. The highest BCUT2D eigenvalue weighted by molar-refractivity contribution is 7.16. The van der Waals surface area contributed by atoms with Gasteiger partial charge in [0.05, 0.1) is 15.7 Å². The molecular formula is C10H13NS. The molecule has 0 saturated carbocycles.